The minimum atomic E-state index is -0.998. The molecule has 5 heteroatoms. The van der Waals surface area contributed by atoms with Crippen LogP contribution in [0.3, 0.4) is 0 Å². The molecule has 0 radical (unpaired) electrons. The third-order valence-corrected chi connectivity index (χ3v) is 2.58. The maximum absolute atomic E-state index is 10.2. The van der Waals surface area contributed by atoms with Gasteiger partial charge < -0.3 is 20.6 Å². The number of carboxylic acids is 1. The zero-order valence-electron chi connectivity index (χ0n) is 8.07. The van der Waals surface area contributed by atoms with E-state index in [0.29, 0.717) is 6.54 Å². The molecule has 1 aliphatic carbocycles. The highest BCUT2D eigenvalue weighted by atomic mass is 16.4. The summed E-state index contributed by atoms with van der Waals surface area (Å²) in [6.45, 7) is 1.09. The van der Waals surface area contributed by atoms with Crippen LogP contribution in [-0.4, -0.2) is 47.1 Å². The molecule has 0 aromatic carbocycles. The Morgan fingerprint density at radius 3 is 2.57 bits per heavy atom. The number of aliphatic carboxylic acids is 1. The van der Waals surface area contributed by atoms with E-state index in [1.54, 1.807) is 0 Å². The summed E-state index contributed by atoms with van der Waals surface area (Å²) in [5.41, 5.74) is 0.00292. The van der Waals surface area contributed by atoms with Crippen LogP contribution in [0.25, 0.3) is 0 Å². The van der Waals surface area contributed by atoms with Crippen molar-refractivity contribution in [2.45, 2.75) is 25.4 Å². The van der Waals surface area contributed by atoms with Crippen LogP contribution in [0.2, 0.25) is 0 Å². The zero-order chi connectivity index (χ0) is 10.6. The van der Waals surface area contributed by atoms with Gasteiger partial charge in [0, 0.05) is 25.1 Å². The number of hydrogen-bond donors (Lipinski definition) is 4. The van der Waals surface area contributed by atoms with Gasteiger partial charge in [-0.2, -0.15) is 0 Å². The van der Waals surface area contributed by atoms with Crippen LogP contribution < -0.4 is 5.32 Å². The maximum Gasteiger partial charge on any atom is 0.306 e. The zero-order valence-corrected chi connectivity index (χ0v) is 8.07. The largest absolute Gasteiger partial charge is 0.481 e. The summed E-state index contributed by atoms with van der Waals surface area (Å²) < 4.78 is 0. The summed E-state index contributed by atoms with van der Waals surface area (Å²) in [5.74, 6) is -0.998. The summed E-state index contributed by atoms with van der Waals surface area (Å²) >= 11 is 0. The molecule has 1 atom stereocenters. The van der Waals surface area contributed by atoms with Gasteiger partial charge in [-0.3, -0.25) is 4.79 Å². The van der Waals surface area contributed by atoms with Gasteiger partial charge in [0.2, 0.25) is 0 Å². The molecule has 0 bridgehead atoms. The van der Waals surface area contributed by atoms with E-state index >= 15 is 0 Å². The van der Waals surface area contributed by atoms with Crippen molar-refractivity contribution in [1.29, 1.82) is 0 Å². The van der Waals surface area contributed by atoms with Crippen molar-refractivity contribution in [1.82, 2.24) is 5.32 Å². The van der Waals surface area contributed by atoms with E-state index < -0.39 is 12.1 Å². The summed E-state index contributed by atoms with van der Waals surface area (Å²) in [6.07, 6.45) is 0.929. The van der Waals surface area contributed by atoms with E-state index in [1.807, 2.05) is 0 Å². The number of aliphatic hydroxyl groups excluding tert-OH is 2. The fourth-order valence-corrected chi connectivity index (χ4v) is 1.35. The van der Waals surface area contributed by atoms with Gasteiger partial charge in [0.1, 0.15) is 0 Å². The van der Waals surface area contributed by atoms with E-state index in [9.17, 15) is 9.90 Å². The molecule has 1 rings (SSSR count). The molecule has 1 fully saturated rings. The first kappa shape index (κ1) is 11.4. The van der Waals surface area contributed by atoms with Crippen LogP contribution in [0.1, 0.15) is 19.3 Å². The fourth-order valence-electron chi connectivity index (χ4n) is 1.35. The van der Waals surface area contributed by atoms with Crippen molar-refractivity contribution in [2.75, 3.05) is 19.7 Å². The second kappa shape index (κ2) is 4.72. The highest BCUT2D eigenvalue weighted by Crippen LogP contribution is 2.44. The van der Waals surface area contributed by atoms with Crippen LogP contribution in [0.15, 0.2) is 0 Å². The molecule has 0 aromatic heterocycles. The van der Waals surface area contributed by atoms with Crippen molar-refractivity contribution in [3.05, 3.63) is 0 Å². The van der Waals surface area contributed by atoms with Crippen LogP contribution in [0, 0.1) is 5.41 Å². The number of carboxylic acid groups (broad SMARTS) is 1. The fraction of sp³-hybridized carbons (Fsp3) is 0.889. The van der Waals surface area contributed by atoms with E-state index in [1.165, 1.54) is 0 Å². The molecule has 0 aliphatic heterocycles. The van der Waals surface area contributed by atoms with Gasteiger partial charge in [-0.15, -0.1) is 0 Å². The lowest BCUT2D eigenvalue weighted by Gasteiger charge is -2.14. The Balaban J connectivity index is 2.06. The van der Waals surface area contributed by atoms with E-state index in [-0.39, 0.29) is 25.0 Å². The van der Waals surface area contributed by atoms with E-state index in [0.717, 1.165) is 12.8 Å². The average Bonchev–Trinajstić information content (AvgIpc) is 2.84. The number of rotatable bonds is 7. The number of hydrogen-bond acceptors (Lipinski definition) is 4. The SMILES string of the molecule is O=C(O)CC(O)CNCC1(CO)CC1. The minimum Gasteiger partial charge on any atom is -0.481 e. The Morgan fingerprint density at radius 1 is 1.50 bits per heavy atom. The number of nitrogens with one attached hydrogen (secondary N) is 1. The van der Waals surface area contributed by atoms with Crippen molar-refractivity contribution < 1.29 is 20.1 Å². The molecule has 14 heavy (non-hydrogen) atoms. The summed E-state index contributed by atoms with van der Waals surface area (Å²) in [6, 6.07) is 0. The molecule has 1 saturated carbocycles. The normalized spacial score (nSPS) is 20.4. The van der Waals surface area contributed by atoms with Crippen LogP contribution in [-0.2, 0) is 4.79 Å². The van der Waals surface area contributed by atoms with Crippen molar-refractivity contribution in [3.63, 3.8) is 0 Å². The molecule has 1 unspecified atom stereocenters. The van der Waals surface area contributed by atoms with Gasteiger partial charge in [0.05, 0.1) is 12.5 Å². The molecule has 1 aliphatic rings. The highest BCUT2D eigenvalue weighted by Gasteiger charge is 2.41. The summed E-state index contributed by atoms with van der Waals surface area (Å²) in [4.78, 5) is 10.2. The van der Waals surface area contributed by atoms with Gasteiger partial charge in [-0.1, -0.05) is 0 Å². The second-order valence-electron chi connectivity index (χ2n) is 4.04. The number of carbonyl (C=O) groups is 1. The average molecular weight is 203 g/mol. The predicted octanol–water partition coefficient (Wildman–Crippen LogP) is -0.816. The Morgan fingerprint density at radius 2 is 2.14 bits per heavy atom. The Kier molecular flexibility index (Phi) is 3.86. The molecule has 4 N–H and O–H groups in total. The molecule has 0 amide bonds. The quantitative estimate of drug-likeness (QED) is 0.434. The van der Waals surface area contributed by atoms with Crippen molar-refractivity contribution in [2.24, 2.45) is 5.41 Å². The molecule has 0 saturated heterocycles. The lowest BCUT2D eigenvalue weighted by Crippen LogP contribution is -2.34. The van der Waals surface area contributed by atoms with Gasteiger partial charge in [-0.25, -0.2) is 0 Å². The van der Waals surface area contributed by atoms with Gasteiger partial charge in [-0.05, 0) is 12.8 Å². The van der Waals surface area contributed by atoms with Crippen LogP contribution in [0.4, 0.5) is 0 Å². The molecular weight excluding hydrogens is 186 g/mol. The summed E-state index contributed by atoms with van der Waals surface area (Å²) in [7, 11) is 0. The van der Waals surface area contributed by atoms with Crippen LogP contribution in [0.5, 0.6) is 0 Å². The highest BCUT2D eigenvalue weighted by molar-refractivity contribution is 5.67. The van der Waals surface area contributed by atoms with Gasteiger partial charge in [0.25, 0.3) is 0 Å². The first-order valence-electron chi connectivity index (χ1n) is 4.79. The number of aliphatic hydroxyl groups is 2. The van der Waals surface area contributed by atoms with E-state index in [2.05, 4.69) is 5.32 Å². The van der Waals surface area contributed by atoms with Gasteiger partial charge >= 0.3 is 5.97 Å². The topological polar surface area (TPSA) is 89.8 Å². The molecule has 0 heterocycles. The third kappa shape index (κ3) is 3.61. The molecule has 0 spiro atoms. The Bertz CT molecular complexity index is 203. The monoisotopic (exact) mass is 203 g/mol. The smallest absolute Gasteiger partial charge is 0.306 e. The Labute approximate surface area is 82.7 Å². The van der Waals surface area contributed by atoms with Crippen molar-refractivity contribution in [3.8, 4) is 0 Å². The summed E-state index contributed by atoms with van der Waals surface area (Å²) in [5, 5.41) is 29.5. The van der Waals surface area contributed by atoms with Gasteiger partial charge in [0.15, 0.2) is 0 Å². The Hall–Kier alpha value is -0.650. The van der Waals surface area contributed by atoms with Crippen LogP contribution >= 0.6 is 0 Å². The molecule has 82 valence electrons. The minimum absolute atomic E-state index is 0.00292. The van der Waals surface area contributed by atoms with Crippen molar-refractivity contribution >= 4 is 5.97 Å². The standard InChI is InChI=1S/C9H17NO4/c11-6-9(1-2-9)5-10-4-7(12)3-8(13)14/h7,10-12H,1-6H2,(H,13,14). The molecule has 0 aromatic rings. The molecular formula is C9H17NO4. The first-order chi connectivity index (χ1) is 6.58. The predicted molar refractivity (Wildman–Crippen MR) is 49.9 cm³/mol. The third-order valence-electron chi connectivity index (χ3n) is 2.58. The second-order valence-corrected chi connectivity index (χ2v) is 4.04. The lowest BCUT2D eigenvalue weighted by molar-refractivity contribution is -0.139. The maximum atomic E-state index is 10.2. The lowest BCUT2D eigenvalue weighted by atomic mass is 10.1. The van der Waals surface area contributed by atoms with E-state index in [4.69, 9.17) is 10.2 Å². The first-order valence-corrected chi connectivity index (χ1v) is 4.79. The molecule has 5 nitrogen and oxygen atoms in total.